The highest BCUT2D eigenvalue weighted by atomic mass is 16.4. The van der Waals surface area contributed by atoms with E-state index in [1.807, 2.05) is 6.92 Å². The van der Waals surface area contributed by atoms with Crippen molar-refractivity contribution >= 4 is 29.7 Å². The lowest BCUT2D eigenvalue weighted by Crippen LogP contribution is -2.57. The van der Waals surface area contributed by atoms with Crippen LogP contribution in [0, 0.1) is 5.92 Å². The first kappa shape index (κ1) is 26.6. The molecule has 0 aliphatic rings. The molecule has 11 heteroatoms. The number of hydrogen-bond donors (Lipinski definition) is 6. The molecule has 0 radical (unpaired) electrons. The monoisotopic (exact) mass is 450 g/mol. The number of nitrogens with one attached hydrogen (secondary N) is 3. The highest BCUT2D eigenvalue weighted by Gasteiger charge is 2.31. The summed E-state index contributed by atoms with van der Waals surface area (Å²) in [7, 11) is 0. The standard InChI is InChI=1S/C21H30N4O7/c1-3-12(2)18(22)21(32)25-15(10-16(26)27)20(31)24-14(19(30)23-11-17(28)29)9-13-7-5-4-6-8-13/h4-8,12,14-15,18H,3,9-11,22H2,1-2H3,(H,23,30)(H,24,31)(H,25,32)(H,26,27)(H,28,29). The molecule has 7 N–H and O–H groups in total. The van der Waals surface area contributed by atoms with E-state index < -0.39 is 60.8 Å². The predicted molar refractivity (Wildman–Crippen MR) is 114 cm³/mol. The molecule has 1 rings (SSSR count). The summed E-state index contributed by atoms with van der Waals surface area (Å²) >= 11 is 0. The van der Waals surface area contributed by atoms with Gasteiger partial charge in [-0.25, -0.2) is 0 Å². The van der Waals surface area contributed by atoms with E-state index in [2.05, 4.69) is 16.0 Å². The zero-order valence-electron chi connectivity index (χ0n) is 18.0. The Balaban J connectivity index is 3.01. The van der Waals surface area contributed by atoms with Crippen molar-refractivity contribution in [1.82, 2.24) is 16.0 Å². The summed E-state index contributed by atoms with van der Waals surface area (Å²) in [5, 5.41) is 24.9. The Morgan fingerprint density at radius 3 is 2.03 bits per heavy atom. The average Bonchev–Trinajstić information content (AvgIpc) is 2.75. The average molecular weight is 450 g/mol. The van der Waals surface area contributed by atoms with Gasteiger partial charge in [0.05, 0.1) is 12.5 Å². The number of rotatable bonds is 13. The number of carboxylic acids is 2. The molecule has 1 aromatic carbocycles. The van der Waals surface area contributed by atoms with E-state index in [9.17, 15) is 24.0 Å². The molecule has 11 nitrogen and oxygen atoms in total. The fourth-order valence-electron chi connectivity index (χ4n) is 2.78. The van der Waals surface area contributed by atoms with E-state index in [0.29, 0.717) is 12.0 Å². The van der Waals surface area contributed by atoms with Gasteiger partial charge in [0.1, 0.15) is 18.6 Å². The minimum atomic E-state index is -1.47. The minimum Gasteiger partial charge on any atom is -0.481 e. The number of carbonyl (C=O) groups excluding carboxylic acids is 3. The van der Waals surface area contributed by atoms with Crippen LogP contribution < -0.4 is 21.7 Å². The maximum Gasteiger partial charge on any atom is 0.322 e. The van der Waals surface area contributed by atoms with Crippen molar-refractivity contribution < 1.29 is 34.2 Å². The Morgan fingerprint density at radius 1 is 0.906 bits per heavy atom. The molecule has 0 saturated heterocycles. The van der Waals surface area contributed by atoms with Gasteiger partial charge in [-0.05, 0) is 11.5 Å². The fraction of sp³-hybridized carbons (Fsp3) is 0.476. The van der Waals surface area contributed by atoms with Crippen LogP contribution in [0.3, 0.4) is 0 Å². The van der Waals surface area contributed by atoms with E-state index in [-0.39, 0.29) is 12.3 Å². The van der Waals surface area contributed by atoms with Gasteiger partial charge < -0.3 is 31.9 Å². The Morgan fingerprint density at radius 2 is 1.50 bits per heavy atom. The van der Waals surface area contributed by atoms with Gasteiger partial charge in [-0.2, -0.15) is 0 Å². The lowest BCUT2D eigenvalue weighted by atomic mass is 9.98. The molecule has 0 saturated carbocycles. The van der Waals surface area contributed by atoms with Gasteiger partial charge in [0, 0.05) is 6.42 Å². The second-order valence-electron chi connectivity index (χ2n) is 7.43. The first-order valence-electron chi connectivity index (χ1n) is 10.2. The second-order valence-corrected chi connectivity index (χ2v) is 7.43. The van der Waals surface area contributed by atoms with Gasteiger partial charge in [0.15, 0.2) is 0 Å². The summed E-state index contributed by atoms with van der Waals surface area (Å²) in [6, 6.07) is 5.04. The van der Waals surface area contributed by atoms with Crippen LogP contribution >= 0.6 is 0 Å². The van der Waals surface area contributed by atoms with Gasteiger partial charge in [0.25, 0.3) is 0 Å². The summed E-state index contributed by atoms with van der Waals surface area (Å²) in [4.78, 5) is 59.7. The lowest BCUT2D eigenvalue weighted by molar-refractivity contribution is -0.141. The van der Waals surface area contributed by atoms with Gasteiger partial charge in [-0.1, -0.05) is 50.6 Å². The van der Waals surface area contributed by atoms with E-state index in [1.54, 1.807) is 37.3 Å². The van der Waals surface area contributed by atoms with Crippen LogP contribution in [0.4, 0.5) is 0 Å². The van der Waals surface area contributed by atoms with E-state index >= 15 is 0 Å². The Kier molecular flexibility index (Phi) is 10.8. The molecule has 0 spiro atoms. The number of carboxylic acid groups (broad SMARTS) is 2. The maximum atomic E-state index is 12.8. The summed E-state index contributed by atoms with van der Waals surface area (Å²) in [6.45, 7) is 2.93. The third-order valence-electron chi connectivity index (χ3n) is 4.90. The van der Waals surface area contributed by atoms with Crippen LogP contribution in [0.5, 0.6) is 0 Å². The van der Waals surface area contributed by atoms with Crippen molar-refractivity contribution in [3.05, 3.63) is 35.9 Å². The number of hydrogen-bond acceptors (Lipinski definition) is 6. The topological polar surface area (TPSA) is 188 Å². The molecule has 0 aliphatic carbocycles. The first-order chi connectivity index (χ1) is 15.0. The molecule has 4 atom stereocenters. The molecular weight excluding hydrogens is 420 g/mol. The van der Waals surface area contributed by atoms with Crippen molar-refractivity contribution in [3.63, 3.8) is 0 Å². The zero-order valence-corrected chi connectivity index (χ0v) is 18.0. The number of amides is 3. The SMILES string of the molecule is CCC(C)C(N)C(=O)NC(CC(=O)O)C(=O)NC(Cc1ccccc1)C(=O)NCC(=O)O. The largest absolute Gasteiger partial charge is 0.481 e. The molecule has 0 fully saturated rings. The molecule has 3 amide bonds. The third-order valence-corrected chi connectivity index (χ3v) is 4.90. The number of aliphatic carboxylic acids is 2. The van der Waals surface area contributed by atoms with Gasteiger partial charge in [-0.3, -0.25) is 24.0 Å². The highest BCUT2D eigenvalue weighted by molar-refractivity contribution is 5.95. The summed E-state index contributed by atoms with van der Waals surface area (Å²) in [6.07, 6.45) is -0.0922. The molecule has 0 heterocycles. The van der Waals surface area contributed by atoms with Gasteiger partial charge in [0.2, 0.25) is 17.7 Å². The van der Waals surface area contributed by atoms with Crippen molar-refractivity contribution in [2.75, 3.05) is 6.54 Å². The van der Waals surface area contributed by atoms with Crippen molar-refractivity contribution in [1.29, 1.82) is 0 Å². The van der Waals surface area contributed by atoms with E-state index in [1.165, 1.54) is 0 Å². The van der Waals surface area contributed by atoms with E-state index in [0.717, 1.165) is 0 Å². The highest BCUT2D eigenvalue weighted by Crippen LogP contribution is 2.08. The molecule has 0 aliphatic heterocycles. The summed E-state index contributed by atoms with van der Waals surface area (Å²) < 4.78 is 0. The van der Waals surface area contributed by atoms with Crippen LogP contribution in [0.2, 0.25) is 0 Å². The third kappa shape index (κ3) is 9.13. The normalized spacial score (nSPS) is 14.3. The molecular formula is C21H30N4O7. The molecule has 32 heavy (non-hydrogen) atoms. The second kappa shape index (κ2) is 13.1. The van der Waals surface area contributed by atoms with Gasteiger partial charge in [-0.15, -0.1) is 0 Å². The Hall–Kier alpha value is -3.47. The lowest BCUT2D eigenvalue weighted by Gasteiger charge is -2.24. The molecule has 176 valence electrons. The van der Waals surface area contributed by atoms with Gasteiger partial charge >= 0.3 is 11.9 Å². The molecule has 1 aromatic rings. The Labute approximate surface area is 185 Å². The van der Waals surface area contributed by atoms with Crippen LogP contribution in [-0.2, 0) is 30.4 Å². The maximum absolute atomic E-state index is 12.8. The molecule has 4 unspecified atom stereocenters. The van der Waals surface area contributed by atoms with Crippen LogP contribution in [0.15, 0.2) is 30.3 Å². The predicted octanol–water partition coefficient (Wildman–Crippen LogP) is -0.752. The number of carbonyl (C=O) groups is 5. The van der Waals surface area contributed by atoms with Crippen molar-refractivity contribution in [3.8, 4) is 0 Å². The molecule has 0 bridgehead atoms. The summed E-state index contributed by atoms with van der Waals surface area (Å²) in [5.41, 5.74) is 6.54. The van der Waals surface area contributed by atoms with E-state index in [4.69, 9.17) is 15.9 Å². The summed E-state index contributed by atoms with van der Waals surface area (Å²) in [5.74, 6) is -5.15. The zero-order chi connectivity index (χ0) is 24.3. The van der Waals surface area contributed by atoms with Crippen LogP contribution in [-0.4, -0.2) is 64.5 Å². The smallest absolute Gasteiger partial charge is 0.322 e. The van der Waals surface area contributed by atoms with Crippen LogP contribution in [0.25, 0.3) is 0 Å². The Bertz CT molecular complexity index is 816. The van der Waals surface area contributed by atoms with Crippen molar-refractivity contribution in [2.24, 2.45) is 11.7 Å². The first-order valence-corrected chi connectivity index (χ1v) is 10.2. The molecule has 0 aromatic heterocycles. The van der Waals surface area contributed by atoms with Crippen LogP contribution in [0.1, 0.15) is 32.3 Å². The fourth-order valence-corrected chi connectivity index (χ4v) is 2.78. The number of nitrogens with two attached hydrogens (primary N) is 1. The quantitative estimate of drug-likeness (QED) is 0.226. The minimum absolute atomic E-state index is 0.0259. The van der Waals surface area contributed by atoms with Crippen molar-refractivity contribution in [2.45, 2.75) is 51.2 Å². The number of benzene rings is 1.